The highest BCUT2D eigenvalue weighted by molar-refractivity contribution is 5.94. The lowest BCUT2D eigenvalue weighted by Crippen LogP contribution is -2.29. The number of aromatic nitrogens is 2. The number of para-hydroxylation sites is 2. The fourth-order valence-electron chi connectivity index (χ4n) is 4.33. The lowest BCUT2D eigenvalue weighted by molar-refractivity contribution is -0.140. The Kier molecular flexibility index (Phi) is 6.50. The van der Waals surface area contributed by atoms with E-state index in [1.54, 1.807) is 7.11 Å². The fraction of sp³-hybridized carbons (Fsp3) is 0.214. The van der Waals surface area contributed by atoms with Gasteiger partial charge in [0.1, 0.15) is 19.0 Å². The second-order valence-corrected chi connectivity index (χ2v) is 8.33. The van der Waals surface area contributed by atoms with Crippen LogP contribution in [0.2, 0.25) is 0 Å². The molecule has 0 bridgehead atoms. The first-order valence-corrected chi connectivity index (χ1v) is 11.5. The SMILES string of the molecule is COCCOC(=O)C1=C(C)Nc2nc3ccccc3n2[C@H]1c1ccc(OCc2ccccc2)cc1. The molecule has 0 fully saturated rings. The summed E-state index contributed by atoms with van der Waals surface area (Å²) in [5.41, 5.74) is 5.06. The molecule has 1 N–H and O–H groups in total. The number of esters is 1. The molecule has 1 aromatic heterocycles. The van der Waals surface area contributed by atoms with E-state index in [0.717, 1.165) is 27.9 Å². The molecule has 0 saturated carbocycles. The molecule has 4 aromatic rings. The molecule has 1 atom stereocenters. The molecule has 0 saturated heterocycles. The monoisotopic (exact) mass is 469 g/mol. The van der Waals surface area contributed by atoms with Gasteiger partial charge in [-0.05, 0) is 42.3 Å². The van der Waals surface area contributed by atoms with E-state index < -0.39 is 6.04 Å². The molecule has 178 valence electrons. The van der Waals surface area contributed by atoms with Gasteiger partial charge >= 0.3 is 5.97 Å². The number of carbonyl (C=O) groups is 1. The van der Waals surface area contributed by atoms with Gasteiger partial charge in [0.15, 0.2) is 0 Å². The van der Waals surface area contributed by atoms with Crippen LogP contribution in [0.1, 0.15) is 24.1 Å². The Morgan fingerprint density at radius 2 is 1.71 bits per heavy atom. The zero-order chi connectivity index (χ0) is 24.2. The second kappa shape index (κ2) is 10.0. The molecule has 1 aliphatic rings. The summed E-state index contributed by atoms with van der Waals surface area (Å²) in [5.74, 6) is 1.06. The van der Waals surface area contributed by atoms with Gasteiger partial charge in [-0.1, -0.05) is 54.6 Å². The number of nitrogens with one attached hydrogen (secondary N) is 1. The highest BCUT2D eigenvalue weighted by atomic mass is 16.6. The second-order valence-electron chi connectivity index (χ2n) is 8.33. The lowest BCUT2D eigenvalue weighted by atomic mass is 9.95. The predicted molar refractivity (Wildman–Crippen MR) is 134 cm³/mol. The number of benzene rings is 3. The van der Waals surface area contributed by atoms with Crippen LogP contribution in [0, 0.1) is 0 Å². The van der Waals surface area contributed by atoms with E-state index in [4.69, 9.17) is 19.2 Å². The summed E-state index contributed by atoms with van der Waals surface area (Å²) >= 11 is 0. The van der Waals surface area contributed by atoms with Gasteiger partial charge in [-0.25, -0.2) is 9.78 Å². The average molecular weight is 470 g/mol. The van der Waals surface area contributed by atoms with E-state index in [1.165, 1.54) is 0 Å². The summed E-state index contributed by atoms with van der Waals surface area (Å²) in [6.45, 7) is 2.88. The summed E-state index contributed by atoms with van der Waals surface area (Å²) in [6.07, 6.45) is 0. The quantitative estimate of drug-likeness (QED) is 0.286. The minimum Gasteiger partial charge on any atom is -0.489 e. The van der Waals surface area contributed by atoms with Crippen molar-refractivity contribution in [1.29, 1.82) is 0 Å². The average Bonchev–Trinajstić information content (AvgIpc) is 3.25. The number of hydrogen-bond acceptors (Lipinski definition) is 6. The number of imidazole rings is 1. The third-order valence-electron chi connectivity index (χ3n) is 6.02. The van der Waals surface area contributed by atoms with Crippen LogP contribution < -0.4 is 10.1 Å². The molecule has 3 aromatic carbocycles. The van der Waals surface area contributed by atoms with Crippen molar-refractivity contribution < 1.29 is 19.0 Å². The number of anilines is 1. The Bertz CT molecular complexity index is 1360. The van der Waals surface area contributed by atoms with Gasteiger partial charge in [0.25, 0.3) is 0 Å². The number of fused-ring (bicyclic) bond motifs is 3. The van der Waals surface area contributed by atoms with E-state index in [-0.39, 0.29) is 12.6 Å². The molecular weight excluding hydrogens is 442 g/mol. The normalized spacial score (nSPS) is 15.0. The largest absolute Gasteiger partial charge is 0.489 e. The molecule has 2 heterocycles. The predicted octanol–water partition coefficient (Wildman–Crippen LogP) is 5.09. The zero-order valence-corrected chi connectivity index (χ0v) is 19.7. The van der Waals surface area contributed by atoms with Crippen LogP contribution in [0.15, 0.2) is 90.1 Å². The first kappa shape index (κ1) is 22.7. The van der Waals surface area contributed by atoms with Crippen LogP contribution in [0.25, 0.3) is 11.0 Å². The molecule has 0 unspecified atom stereocenters. The highest BCUT2D eigenvalue weighted by Crippen LogP contribution is 2.39. The Hall–Kier alpha value is -4.10. The topological polar surface area (TPSA) is 74.6 Å². The van der Waals surface area contributed by atoms with Crippen molar-refractivity contribution in [2.45, 2.75) is 19.6 Å². The number of nitrogens with zero attached hydrogens (tertiary/aromatic N) is 2. The van der Waals surface area contributed by atoms with Crippen molar-refractivity contribution in [3.63, 3.8) is 0 Å². The van der Waals surface area contributed by atoms with Gasteiger partial charge in [0.2, 0.25) is 5.95 Å². The van der Waals surface area contributed by atoms with Crippen molar-refractivity contribution in [1.82, 2.24) is 9.55 Å². The molecule has 0 spiro atoms. The fourth-order valence-corrected chi connectivity index (χ4v) is 4.33. The van der Waals surface area contributed by atoms with Gasteiger partial charge < -0.3 is 19.5 Å². The summed E-state index contributed by atoms with van der Waals surface area (Å²) in [6, 6.07) is 25.4. The van der Waals surface area contributed by atoms with Crippen LogP contribution in [-0.2, 0) is 20.9 Å². The molecule has 0 radical (unpaired) electrons. The third-order valence-corrected chi connectivity index (χ3v) is 6.02. The number of methoxy groups -OCH3 is 1. The minimum atomic E-state index is -0.406. The summed E-state index contributed by atoms with van der Waals surface area (Å²) in [4.78, 5) is 18.0. The molecular formula is C28H27N3O4. The first-order chi connectivity index (χ1) is 17.2. The van der Waals surface area contributed by atoms with Crippen molar-refractivity contribution in [2.24, 2.45) is 0 Å². The van der Waals surface area contributed by atoms with Crippen LogP contribution in [0.4, 0.5) is 5.95 Å². The van der Waals surface area contributed by atoms with E-state index in [0.29, 0.717) is 30.4 Å². The van der Waals surface area contributed by atoms with Crippen LogP contribution >= 0.6 is 0 Å². The van der Waals surface area contributed by atoms with Crippen LogP contribution in [-0.4, -0.2) is 35.8 Å². The summed E-state index contributed by atoms with van der Waals surface area (Å²) < 4.78 is 18.6. The van der Waals surface area contributed by atoms with Crippen molar-refractivity contribution in [3.8, 4) is 5.75 Å². The van der Waals surface area contributed by atoms with Crippen molar-refractivity contribution in [2.75, 3.05) is 25.6 Å². The Balaban J connectivity index is 1.50. The van der Waals surface area contributed by atoms with Crippen molar-refractivity contribution >= 4 is 23.0 Å². The van der Waals surface area contributed by atoms with E-state index >= 15 is 0 Å². The van der Waals surface area contributed by atoms with Crippen LogP contribution in [0.5, 0.6) is 5.75 Å². The minimum absolute atomic E-state index is 0.183. The summed E-state index contributed by atoms with van der Waals surface area (Å²) in [7, 11) is 1.58. The molecule has 0 aliphatic carbocycles. The lowest BCUT2D eigenvalue weighted by Gasteiger charge is -2.30. The number of rotatable bonds is 8. The number of carbonyl (C=O) groups excluding carboxylic acids is 1. The van der Waals surface area contributed by atoms with Gasteiger partial charge in [-0.2, -0.15) is 0 Å². The first-order valence-electron chi connectivity index (χ1n) is 11.5. The van der Waals surface area contributed by atoms with Crippen LogP contribution in [0.3, 0.4) is 0 Å². The number of allylic oxidation sites excluding steroid dienone is 1. The third kappa shape index (κ3) is 4.63. The molecule has 35 heavy (non-hydrogen) atoms. The maximum Gasteiger partial charge on any atom is 0.338 e. The van der Waals surface area contributed by atoms with Gasteiger partial charge in [0.05, 0.1) is 29.3 Å². The Morgan fingerprint density at radius 3 is 2.49 bits per heavy atom. The summed E-state index contributed by atoms with van der Waals surface area (Å²) in [5, 5.41) is 3.29. The van der Waals surface area contributed by atoms with E-state index in [2.05, 4.69) is 9.88 Å². The molecule has 7 heteroatoms. The molecule has 5 rings (SSSR count). The Labute approximate surface area is 204 Å². The highest BCUT2D eigenvalue weighted by Gasteiger charge is 2.35. The zero-order valence-electron chi connectivity index (χ0n) is 19.7. The Morgan fingerprint density at radius 1 is 0.971 bits per heavy atom. The van der Waals surface area contributed by atoms with Crippen molar-refractivity contribution in [3.05, 3.63) is 101 Å². The van der Waals surface area contributed by atoms with E-state index in [9.17, 15) is 4.79 Å². The van der Waals surface area contributed by atoms with Gasteiger partial charge in [-0.3, -0.25) is 4.57 Å². The van der Waals surface area contributed by atoms with Gasteiger partial charge in [0, 0.05) is 12.8 Å². The maximum absolute atomic E-state index is 13.2. The molecule has 1 aliphatic heterocycles. The smallest absolute Gasteiger partial charge is 0.338 e. The number of hydrogen-bond donors (Lipinski definition) is 1. The number of ether oxygens (including phenoxy) is 3. The molecule has 0 amide bonds. The standard InChI is InChI=1S/C28H27N3O4/c1-19-25(27(32)34-17-16-33-2)26(31-24-11-7-6-10-23(24)30-28(31)29-19)21-12-14-22(15-13-21)35-18-20-8-4-3-5-9-20/h3-15,26H,16-18H2,1-2H3,(H,29,30)/t26-/m0/s1. The maximum atomic E-state index is 13.2. The molecule has 7 nitrogen and oxygen atoms in total. The van der Waals surface area contributed by atoms with E-state index in [1.807, 2.05) is 85.8 Å². The van der Waals surface area contributed by atoms with Gasteiger partial charge in [-0.15, -0.1) is 0 Å².